The quantitative estimate of drug-likeness (QED) is 0.800. The zero-order valence-electron chi connectivity index (χ0n) is 11.8. The Hall–Kier alpha value is -0.890. The fourth-order valence-electron chi connectivity index (χ4n) is 3.88. The molecular formula is C17H24FN. The van der Waals surface area contributed by atoms with Gasteiger partial charge in [-0.25, -0.2) is 4.39 Å². The lowest BCUT2D eigenvalue weighted by Crippen LogP contribution is -2.38. The van der Waals surface area contributed by atoms with Crippen molar-refractivity contribution in [1.29, 1.82) is 0 Å². The SMILES string of the molecule is Cc1ccc(C2CCC3(CCNCC3)CC2)cc1F. The van der Waals surface area contributed by atoms with Gasteiger partial charge in [0.25, 0.3) is 0 Å². The summed E-state index contributed by atoms with van der Waals surface area (Å²) < 4.78 is 13.7. The van der Waals surface area contributed by atoms with Crippen LogP contribution in [0.1, 0.15) is 55.6 Å². The third-order valence-corrected chi connectivity index (χ3v) is 5.38. The van der Waals surface area contributed by atoms with E-state index in [9.17, 15) is 4.39 Å². The zero-order chi connectivity index (χ0) is 13.3. The van der Waals surface area contributed by atoms with Crippen LogP contribution >= 0.6 is 0 Å². The zero-order valence-corrected chi connectivity index (χ0v) is 11.8. The number of rotatable bonds is 1. The minimum atomic E-state index is -0.0420. The van der Waals surface area contributed by atoms with Crippen molar-refractivity contribution in [2.24, 2.45) is 5.41 Å². The van der Waals surface area contributed by atoms with Crippen molar-refractivity contribution in [3.8, 4) is 0 Å². The van der Waals surface area contributed by atoms with Gasteiger partial charge in [-0.05, 0) is 87.1 Å². The molecule has 104 valence electrons. The largest absolute Gasteiger partial charge is 0.317 e. The molecule has 0 bridgehead atoms. The highest BCUT2D eigenvalue weighted by atomic mass is 19.1. The lowest BCUT2D eigenvalue weighted by atomic mass is 9.65. The monoisotopic (exact) mass is 261 g/mol. The molecule has 0 unspecified atom stereocenters. The average Bonchev–Trinajstić information content (AvgIpc) is 2.44. The Morgan fingerprint density at radius 3 is 2.42 bits per heavy atom. The summed E-state index contributed by atoms with van der Waals surface area (Å²) in [6, 6.07) is 5.82. The smallest absolute Gasteiger partial charge is 0.126 e. The number of hydrogen-bond acceptors (Lipinski definition) is 1. The average molecular weight is 261 g/mol. The van der Waals surface area contributed by atoms with Gasteiger partial charge in [-0.2, -0.15) is 0 Å². The standard InChI is InChI=1S/C17H24FN/c1-13-2-3-15(12-16(13)18)14-4-6-17(7-5-14)8-10-19-11-9-17/h2-3,12,14,19H,4-11H2,1H3. The summed E-state index contributed by atoms with van der Waals surface area (Å²) in [5.74, 6) is 0.537. The van der Waals surface area contributed by atoms with E-state index in [-0.39, 0.29) is 5.82 Å². The Morgan fingerprint density at radius 2 is 1.79 bits per heavy atom. The van der Waals surface area contributed by atoms with Crippen LogP contribution in [0.3, 0.4) is 0 Å². The van der Waals surface area contributed by atoms with Gasteiger partial charge in [0, 0.05) is 0 Å². The van der Waals surface area contributed by atoms with E-state index in [0.717, 1.165) is 5.56 Å². The van der Waals surface area contributed by atoms with Gasteiger partial charge in [0.1, 0.15) is 5.82 Å². The molecule has 0 aromatic heterocycles. The number of piperidine rings is 1. The van der Waals surface area contributed by atoms with Gasteiger partial charge in [-0.3, -0.25) is 0 Å². The van der Waals surface area contributed by atoms with Crippen molar-refractivity contribution in [3.05, 3.63) is 35.1 Å². The van der Waals surface area contributed by atoms with E-state index in [1.165, 1.54) is 57.2 Å². The van der Waals surface area contributed by atoms with Crippen molar-refractivity contribution in [3.63, 3.8) is 0 Å². The van der Waals surface area contributed by atoms with E-state index < -0.39 is 0 Å². The lowest BCUT2D eigenvalue weighted by molar-refractivity contribution is 0.123. The molecule has 1 saturated heterocycles. The van der Waals surface area contributed by atoms with Crippen LogP contribution in [-0.2, 0) is 0 Å². The van der Waals surface area contributed by atoms with Crippen molar-refractivity contribution in [2.75, 3.05) is 13.1 Å². The molecule has 2 fully saturated rings. The van der Waals surface area contributed by atoms with Gasteiger partial charge in [-0.15, -0.1) is 0 Å². The first kappa shape index (κ1) is 13.1. The highest BCUT2D eigenvalue weighted by molar-refractivity contribution is 5.26. The molecule has 1 nitrogen and oxygen atoms in total. The van der Waals surface area contributed by atoms with Gasteiger partial charge in [0.15, 0.2) is 0 Å². The fourth-order valence-corrected chi connectivity index (χ4v) is 3.88. The van der Waals surface area contributed by atoms with Gasteiger partial charge in [0.05, 0.1) is 0 Å². The molecule has 1 saturated carbocycles. The van der Waals surface area contributed by atoms with Crippen molar-refractivity contribution >= 4 is 0 Å². The highest BCUT2D eigenvalue weighted by Gasteiger charge is 2.36. The number of aryl methyl sites for hydroxylation is 1. The maximum atomic E-state index is 13.7. The maximum absolute atomic E-state index is 13.7. The Kier molecular flexibility index (Phi) is 3.62. The van der Waals surface area contributed by atoms with Crippen LogP contribution in [0.4, 0.5) is 4.39 Å². The molecule has 1 aliphatic heterocycles. The van der Waals surface area contributed by atoms with Gasteiger partial charge < -0.3 is 5.32 Å². The molecule has 1 spiro atoms. The maximum Gasteiger partial charge on any atom is 0.126 e. The fraction of sp³-hybridized carbons (Fsp3) is 0.647. The topological polar surface area (TPSA) is 12.0 Å². The second-order valence-electron chi connectivity index (χ2n) is 6.53. The minimum Gasteiger partial charge on any atom is -0.317 e. The molecular weight excluding hydrogens is 237 g/mol. The molecule has 2 aliphatic rings. The first-order chi connectivity index (χ1) is 9.19. The van der Waals surface area contributed by atoms with Crippen LogP contribution in [0.2, 0.25) is 0 Å². The third kappa shape index (κ3) is 2.69. The van der Waals surface area contributed by atoms with E-state index in [1.54, 1.807) is 6.07 Å². The van der Waals surface area contributed by atoms with Crippen LogP contribution in [0.5, 0.6) is 0 Å². The molecule has 1 N–H and O–H groups in total. The number of hydrogen-bond donors (Lipinski definition) is 1. The van der Waals surface area contributed by atoms with E-state index in [2.05, 4.69) is 11.4 Å². The molecule has 1 aromatic rings. The molecule has 19 heavy (non-hydrogen) atoms. The van der Waals surface area contributed by atoms with Crippen LogP contribution < -0.4 is 5.32 Å². The van der Waals surface area contributed by atoms with Crippen molar-refractivity contribution < 1.29 is 4.39 Å². The summed E-state index contributed by atoms with van der Waals surface area (Å²) in [6.07, 6.45) is 7.80. The van der Waals surface area contributed by atoms with E-state index in [4.69, 9.17) is 0 Å². The minimum absolute atomic E-state index is 0.0420. The molecule has 0 amide bonds. The third-order valence-electron chi connectivity index (χ3n) is 5.38. The van der Waals surface area contributed by atoms with Crippen LogP contribution in [0, 0.1) is 18.2 Å². The van der Waals surface area contributed by atoms with Gasteiger partial charge in [-0.1, -0.05) is 12.1 Å². The summed E-state index contributed by atoms with van der Waals surface area (Å²) >= 11 is 0. The number of halogens is 1. The molecule has 1 heterocycles. The summed E-state index contributed by atoms with van der Waals surface area (Å²) in [5.41, 5.74) is 2.58. The summed E-state index contributed by atoms with van der Waals surface area (Å²) in [6.45, 7) is 4.21. The second kappa shape index (κ2) is 5.24. The molecule has 1 aliphatic carbocycles. The van der Waals surface area contributed by atoms with Crippen LogP contribution in [0.25, 0.3) is 0 Å². The van der Waals surface area contributed by atoms with Crippen LogP contribution in [-0.4, -0.2) is 13.1 Å². The van der Waals surface area contributed by atoms with Gasteiger partial charge >= 0.3 is 0 Å². The first-order valence-corrected chi connectivity index (χ1v) is 7.65. The Bertz CT molecular complexity index is 439. The highest BCUT2D eigenvalue weighted by Crippen LogP contribution is 2.47. The lowest BCUT2D eigenvalue weighted by Gasteiger charge is -2.43. The van der Waals surface area contributed by atoms with E-state index in [0.29, 0.717) is 11.3 Å². The molecule has 1 aromatic carbocycles. The summed E-state index contributed by atoms with van der Waals surface area (Å²) in [5, 5.41) is 3.46. The second-order valence-corrected chi connectivity index (χ2v) is 6.53. The Labute approximate surface area is 115 Å². The van der Waals surface area contributed by atoms with Crippen molar-refractivity contribution in [2.45, 2.75) is 51.4 Å². The van der Waals surface area contributed by atoms with Crippen LogP contribution in [0.15, 0.2) is 18.2 Å². The summed E-state index contributed by atoms with van der Waals surface area (Å²) in [7, 11) is 0. The number of benzene rings is 1. The van der Waals surface area contributed by atoms with Crippen molar-refractivity contribution in [1.82, 2.24) is 5.32 Å². The Balaban J connectivity index is 1.67. The predicted octanol–water partition coefficient (Wildman–Crippen LogP) is 4.16. The van der Waals surface area contributed by atoms with E-state index >= 15 is 0 Å². The molecule has 3 rings (SSSR count). The number of nitrogens with one attached hydrogen (secondary N) is 1. The van der Waals surface area contributed by atoms with Gasteiger partial charge in [0.2, 0.25) is 0 Å². The molecule has 0 atom stereocenters. The predicted molar refractivity (Wildman–Crippen MR) is 76.9 cm³/mol. The molecule has 2 heteroatoms. The Morgan fingerprint density at radius 1 is 1.11 bits per heavy atom. The van der Waals surface area contributed by atoms with E-state index in [1.807, 2.05) is 13.0 Å². The summed E-state index contributed by atoms with van der Waals surface area (Å²) in [4.78, 5) is 0. The normalized spacial score (nSPS) is 23.7. The molecule has 0 radical (unpaired) electrons. The first-order valence-electron chi connectivity index (χ1n) is 7.65.